The van der Waals surface area contributed by atoms with E-state index in [0.717, 1.165) is 22.0 Å². The van der Waals surface area contributed by atoms with Gasteiger partial charge in [0.25, 0.3) is 0 Å². The lowest BCUT2D eigenvalue weighted by atomic mass is 10.2. The van der Waals surface area contributed by atoms with Crippen molar-refractivity contribution in [3.63, 3.8) is 0 Å². The minimum atomic E-state index is -0.207. The maximum atomic E-state index is 12.1. The number of nitrogens with zero attached hydrogens (tertiary/aromatic N) is 3. The van der Waals surface area contributed by atoms with Crippen LogP contribution in [0.15, 0.2) is 39.6 Å². The number of carbonyl (C=O) groups is 1. The van der Waals surface area contributed by atoms with Gasteiger partial charge in [-0.1, -0.05) is 29.5 Å². The number of carbonyl (C=O) groups excluding carboxylic acids is 1. The van der Waals surface area contributed by atoms with Crippen LogP contribution in [0.5, 0.6) is 0 Å². The predicted molar refractivity (Wildman–Crippen MR) is 104 cm³/mol. The first-order valence-electron chi connectivity index (χ1n) is 8.13. The SMILES string of the molecule is CCn1c(SCc2csc(CC(=O)Nc3ccc(C)cc3)n2)n[nH]c1=O. The van der Waals surface area contributed by atoms with E-state index in [1.165, 1.54) is 23.1 Å². The second-order valence-electron chi connectivity index (χ2n) is 5.67. The molecule has 2 N–H and O–H groups in total. The fourth-order valence-corrected chi connectivity index (χ4v) is 4.11. The molecule has 2 aromatic heterocycles. The van der Waals surface area contributed by atoms with E-state index in [9.17, 15) is 9.59 Å². The van der Waals surface area contributed by atoms with Crippen LogP contribution in [0.3, 0.4) is 0 Å². The van der Waals surface area contributed by atoms with E-state index < -0.39 is 0 Å². The molecule has 0 aliphatic heterocycles. The molecule has 0 fully saturated rings. The number of aromatic amines is 1. The zero-order valence-corrected chi connectivity index (χ0v) is 16.1. The summed E-state index contributed by atoms with van der Waals surface area (Å²) in [7, 11) is 0. The Hall–Kier alpha value is -2.39. The number of aromatic nitrogens is 4. The third kappa shape index (κ3) is 4.61. The molecule has 1 aromatic carbocycles. The first-order valence-corrected chi connectivity index (χ1v) is 9.99. The van der Waals surface area contributed by atoms with Gasteiger partial charge in [0, 0.05) is 23.4 Å². The van der Waals surface area contributed by atoms with Gasteiger partial charge in [0.15, 0.2) is 5.16 Å². The van der Waals surface area contributed by atoms with Crippen molar-refractivity contribution in [3.05, 3.63) is 56.4 Å². The molecule has 3 aromatic rings. The minimum Gasteiger partial charge on any atom is -0.326 e. The van der Waals surface area contributed by atoms with Gasteiger partial charge >= 0.3 is 5.69 Å². The van der Waals surface area contributed by atoms with Gasteiger partial charge < -0.3 is 5.32 Å². The zero-order chi connectivity index (χ0) is 18.5. The molecule has 0 saturated carbocycles. The molecule has 0 radical (unpaired) electrons. The lowest BCUT2D eigenvalue weighted by Gasteiger charge is -2.04. The first-order chi connectivity index (χ1) is 12.5. The summed E-state index contributed by atoms with van der Waals surface area (Å²) in [6, 6.07) is 7.68. The van der Waals surface area contributed by atoms with Gasteiger partial charge in [0.2, 0.25) is 5.91 Å². The molecule has 136 valence electrons. The van der Waals surface area contributed by atoms with Crippen molar-refractivity contribution in [1.82, 2.24) is 19.7 Å². The van der Waals surface area contributed by atoms with Crippen molar-refractivity contribution < 1.29 is 4.79 Å². The molecule has 1 amide bonds. The average Bonchev–Trinajstić information content (AvgIpc) is 3.21. The number of benzene rings is 1. The summed E-state index contributed by atoms with van der Waals surface area (Å²) in [6.07, 6.45) is 0.241. The molecule has 3 rings (SSSR count). The molecule has 0 atom stereocenters. The van der Waals surface area contributed by atoms with Crippen molar-refractivity contribution >= 4 is 34.7 Å². The summed E-state index contributed by atoms with van der Waals surface area (Å²) in [4.78, 5) is 28.2. The smallest absolute Gasteiger partial charge is 0.326 e. The maximum absolute atomic E-state index is 12.1. The Morgan fingerprint density at radius 3 is 2.85 bits per heavy atom. The Bertz CT molecular complexity index is 943. The van der Waals surface area contributed by atoms with E-state index in [2.05, 4.69) is 20.5 Å². The first kappa shape index (κ1) is 18.4. The third-order valence-electron chi connectivity index (χ3n) is 3.64. The van der Waals surface area contributed by atoms with E-state index in [-0.39, 0.29) is 18.0 Å². The highest BCUT2D eigenvalue weighted by Crippen LogP contribution is 2.21. The summed E-state index contributed by atoms with van der Waals surface area (Å²) < 4.78 is 1.58. The van der Waals surface area contributed by atoms with E-state index in [1.807, 2.05) is 43.5 Å². The van der Waals surface area contributed by atoms with Crippen LogP contribution in [0, 0.1) is 6.92 Å². The van der Waals surface area contributed by atoms with Crippen LogP contribution in [0.2, 0.25) is 0 Å². The monoisotopic (exact) mass is 389 g/mol. The minimum absolute atomic E-state index is 0.0884. The molecule has 2 heterocycles. The number of hydrogen-bond donors (Lipinski definition) is 2. The normalized spacial score (nSPS) is 10.8. The highest BCUT2D eigenvalue weighted by Gasteiger charge is 2.11. The second kappa shape index (κ2) is 8.33. The number of rotatable bonds is 7. The number of thioether (sulfide) groups is 1. The summed E-state index contributed by atoms with van der Waals surface area (Å²) in [6.45, 7) is 4.47. The van der Waals surface area contributed by atoms with Gasteiger partial charge in [-0.15, -0.1) is 16.4 Å². The molecule has 9 heteroatoms. The molecular formula is C17H19N5O2S2. The van der Waals surface area contributed by atoms with Gasteiger partial charge in [-0.25, -0.2) is 14.9 Å². The molecular weight excluding hydrogens is 370 g/mol. The van der Waals surface area contributed by atoms with E-state index in [0.29, 0.717) is 17.5 Å². The van der Waals surface area contributed by atoms with Crippen molar-refractivity contribution in [2.45, 2.75) is 37.7 Å². The predicted octanol–water partition coefficient (Wildman–Crippen LogP) is 2.83. The topological polar surface area (TPSA) is 92.7 Å². The molecule has 0 bridgehead atoms. The van der Waals surface area contributed by atoms with Gasteiger partial charge in [-0.2, -0.15) is 0 Å². The van der Waals surface area contributed by atoms with E-state index in [4.69, 9.17) is 0 Å². The van der Waals surface area contributed by atoms with Crippen molar-refractivity contribution in [1.29, 1.82) is 0 Å². The summed E-state index contributed by atoms with van der Waals surface area (Å²) in [5.41, 5.74) is 2.59. The third-order valence-corrected chi connectivity index (χ3v) is 5.54. The molecule has 0 unspecified atom stereocenters. The lowest BCUT2D eigenvalue weighted by Crippen LogP contribution is -2.16. The highest BCUT2D eigenvalue weighted by atomic mass is 32.2. The van der Waals surface area contributed by atoms with Gasteiger partial charge in [0.05, 0.1) is 12.1 Å². The maximum Gasteiger partial charge on any atom is 0.343 e. The van der Waals surface area contributed by atoms with E-state index >= 15 is 0 Å². The van der Waals surface area contributed by atoms with Gasteiger partial charge in [-0.3, -0.25) is 9.36 Å². The number of nitrogens with one attached hydrogen (secondary N) is 2. The number of hydrogen-bond acceptors (Lipinski definition) is 6. The Morgan fingerprint density at radius 2 is 2.12 bits per heavy atom. The Morgan fingerprint density at radius 1 is 1.35 bits per heavy atom. The lowest BCUT2D eigenvalue weighted by molar-refractivity contribution is -0.115. The molecule has 0 aliphatic rings. The number of anilines is 1. The Labute approximate surface area is 158 Å². The number of amides is 1. The van der Waals surface area contributed by atoms with Crippen molar-refractivity contribution in [3.8, 4) is 0 Å². The molecule has 0 spiro atoms. The second-order valence-corrected chi connectivity index (χ2v) is 7.55. The summed E-state index contributed by atoms with van der Waals surface area (Å²) >= 11 is 2.91. The van der Waals surface area contributed by atoms with Crippen LogP contribution in [0.25, 0.3) is 0 Å². The van der Waals surface area contributed by atoms with Crippen LogP contribution in [0.1, 0.15) is 23.2 Å². The van der Waals surface area contributed by atoms with Gasteiger partial charge in [-0.05, 0) is 26.0 Å². The van der Waals surface area contributed by atoms with Crippen LogP contribution in [0.4, 0.5) is 5.69 Å². The molecule has 0 aliphatic carbocycles. The number of aryl methyl sites for hydroxylation is 1. The van der Waals surface area contributed by atoms with Crippen molar-refractivity contribution in [2.75, 3.05) is 5.32 Å². The van der Waals surface area contributed by atoms with E-state index in [1.54, 1.807) is 4.57 Å². The zero-order valence-electron chi connectivity index (χ0n) is 14.5. The summed E-state index contributed by atoms with van der Waals surface area (Å²) in [5, 5.41) is 12.7. The largest absolute Gasteiger partial charge is 0.343 e. The highest BCUT2D eigenvalue weighted by molar-refractivity contribution is 7.98. The molecule has 0 saturated heterocycles. The Kier molecular flexibility index (Phi) is 5.89. The van der Waals surface area contributed by atoms with Gasteiger partial charge in [0.1, 0.15) is 5.01 Å². The molecule has 7 nitrogen and oxygen atoms in total. The standard InChI is InChI=1S/C17H19N5O2S2/c1-3-22-16(24)20-21-17(22)26-10-13-9-25-15(19-13)8-14(23)18-12-6-4-11(2)5-7-12/h4-7,9H,3,8,10H2,1-2H3,(H,18,23)(H,20,24). The van der Waals surface area contributed by atoms with Crippen LogP contribution >= 0.6 is 23.1 Å². The fourth-order valence-electron chi connectivity index (χ4n) is 2.31. The van der Waals surface area contributed by atoms with Crippen LogP contribution < -0.4 is 11.0 Å². The Balaban J connectivity index is 1.55. The number of H-pyrrole nitrogens is 1. The number of thiazole rings is 1. The summed E-state index contributed by atoms with van der Waals surface area (Å²) in [5.74, 6) is 0.509. The average molecular weight is 390 g/mol. The fraction of sp³-hybridized carbons (Fsp3) is 0.294. The van der Waals surface area contributed by atoms with Crippen LogP contribution in [-0.4, -0.2) is 25.7 Å². The van der Waals surface area contributed by atoms with Crippen LogP contribution in [-0.2, 0) is 23.5 Å². The van der Waals surface area contributed by atoms with Crippen molar-refractivity contribution in [2.24, 2.45) is 0 Å². The molecule has 26 heavy (non-hydrogen) atoms. The quantitative estimate of drug-likeness (QED) is 0.606.